The summed E-state index contributed by atoms with van der Waals surface area (Å²) in [5.41, 5.74) is -0.268. The van der Waals surface area contributed by atoms with Crippen LogP contribution < -0.4 is 0 Å². The van der Waals surface area contributed by atoms with Gasteiger partial charge in [0.15, 0.2) is 0 Å². The zero-order chi connectivity index (χ0) is 20.0. The molecule has 0 saturated carbocycles. The van der Waals surface area contributed by atoms with Gasteiger partial charge in [0.2, 0.25) is 0 Å². The van der Waals surface area contributed by atoms with E-state index in [1.54, 1.807) is 0 Å². The third-order valence-corrected chi connectivity index (χ3v) is 6.35. The van der Waals surface area contributed by atoms with Gasteiger partial charge in [-0.3, -0.25) is 4.79 Å². The summed E-state index contributed by atoms with van der Waals surface area (Å²) in [6.07, 6.45) is 18.7. The molecule has 0 aromatic heterocycles. The number of esters is 1. The highest BCUT2D eigenvalue weighted by Crippen LogP contribution is 2.33. The number of hydrogen-bond donors (Lipinski definition) is 0. The Hall–Kier alpha value is -0.570. The minimum Gasteiger partial charge on any atom is -0.462 e. The Kier molecular flexibility index (Phi) is 13.1. The lowest BCUT2D eigenvalue weighted by molar-refractivity contribution is -0.164. The van der Waals surface area contributed by atoms with Gasteiger partial charge in [0.25, 0.3) is 0 Å². The number of unbranched alkanes of at least 4 members (excludes halogenated alkanes) is 9. The summed E-state index contributed by atoms with van der Waals surface area (Å²) in [6.45, 7) is 8.57. The molecule has 1 fully saturated rings. The molecule has 1 heterocycles. The van der Waals surface area contributed by atoms with Crippen LogP contribution >= 0.6 is 0 Å². The number of ether oxygens (including phenoxy) is 1. The Morgan fingerprint density at radius 3 is 1.89 bits per heavy atom. The molecule has 1 unspecified atom stereocenters. The summed E-state index contributed by atoms with van der Waals surface area (Å²) in [5, 5.41) is 0. The number of hydrogen-bond acceptors (Lipinski definition) is 3. The SMILES string of the molecule is CCCCCCCCCCCCC(CCC)OC(=O)C1(C)CCN(C)CC1. The first-order chi connectivity index (χ1) is 13.0. The van der Waals surface area contributed by atoms with Crippen LogP contribution in [-0.2, 0) is 9.53 Å². The summed E-state index contributed by atoms with van der Waals surface area (Å²) in [6, 6.07) is 0. The minimum absolute atomic E-state index is 0.0566. The summed E-state index contributed by atoms with van der Waals surface area (Å²) in [5.74, 6) is 0.0566. The van der Waals surface area contributed by atoms with E-state index in [2.05, 4.69) is 32.7 Å². The number of likely N-dealkylation sites (tertiary alicyclic amines) is 1. The van der Waals surface area contributed by atoms with Gasteiger partial charge >= 0.3 is 5.97 Å². The van der Waals surface area contributed by atoms with E-state index in [-0.39, 0.29) is 17.5 Å². The van der Waals surface area contributed by atoms with Crippen molar-refractivity contribution in [2.75, 3.05) is 20.1 Å². The number of piperidine rings is 1. The fourth-order valence-corrected chi connectivity index (χ4v) is 4.05. The first-order valence-corrected chi connectivity index (χ1v) is 11.9. The number of nitrogens with zero attached hydrogens (tertiary/aromatic N) is 1. The maximum Gasteiger partial charge on any atom is 0.312 e. The zero-order valence-corrected chi connectivity index (χ0v) is 18.9. The molecular formula is C24H47NO2. The van der Waals surface area contributed by atoms with Crippen molar-refractivity contribution in [3.63, 3.8) is 0 Å². The fourth-order valence-electron chi connectivity index (χ4n) is 4.05. The topological polar surface area (TPSA) is 29.5 Å². The summed E-state index contributed by atoms with van der Waals surface area (Å²) in [4.78, 5) is 15.1. The molecule has 0 aliphatic carbocycles. The summed E-state index contributed by atoms with van der Waals surface area (Å²) >= 11 is 0. The average Bonchev–Trinajstić information content (AvgIpc) is 2.65. The molecule has 1 atom stereocenters. The van der Waals surface area contributed by atoms with E-state index in [1.807, 2.05) is 0 Å². The lowest BCUT2D eigenvalue weighted by Crippen LogP contribution is -2.42. The van der Waals surface area contributed by atoms with E-state index < -0.39 is 0 Å². The molecule has 0 radical (unpaired) electrons. The molecule has 3 nitrogen and oxygen atoms in total. The fraction of sp³-hybridized carbons (Fsp3) is 0.958. The third-order valence-electron chi connectivity index (χ3n) is 6.35. The van der Waals surface area contributed by atoms with Crippen LogP contribution in [0, 0.1) is 5.41 Å². The van der Waals surface area contributed by atoms with Crippen molar-refractivity contribution in [1.82, 2.24) is 4.90 Å². The van der Waals surface area contributed by atoms with Crippen LogP contribution in [0.3, 0.4) is 0 Å². The molecule has 27 heavy (non-hydrogen) atoms. The van der Waals surface area contributed by atoms with Crippen LogP contribution in [0.2, 0.25) is 0 Å². The monoisotopic (exact) mass is 381 g/mol. The van der Waals surface area contributed by atoms with Gasteiger partial charge in [-0.15, -0.1) is 0 Å². The Balaban J connectivity index is 2.17. The Morgan fingerprint density at radius 2 is 1.37 bits per heavy atom. The van der Waals surface area contributed by atoms with E-state index in [0.29, 0.717) is 0 Å². The standard InChI is InChI=1S/C24H47NO2/c1-5-7-8-9-10-11-12-13-14-15-17-22(16-6-2)27-23(26)24(3)18-20-25(4)21-19-24/h22H,5-21H2,1-4H3. The second-order valence-electron chi connectivity index (χ2n) is 9.15. The van der Waals surface area contributed by atoms with E-state index >= 15 is 0 Å². The van der Waals surface area contributed by atoms with Crippen molar-refractivity contribution < 1.29 is 9.53 Å². The number of carbonyl (C=O) groups excluding carboxylic acids is 1. The van der Waals surface area contributed by atoms with Gasteiger partial charge in [-0.2, -0.15) is 0 Å². The van der Waals surface area contributed by atoms with Crippen LogP contribution in [0.1, 0.15) is 117 Å². The van der Waals surface area contributed by atoms with E-state index in [9.17, 15) is 4.79 Å². The Labute approximate surface area is 169 Å². The first kappa shape index (κ1) is 24.5. The van der Waals surface area contributed by atoms with Gasteiger partial charge in [0, 0.05) is 0 Å². The molecule has 0 aromatic carbocycles. The molecule has 0 aromatic rings. The van der Waals surface area contributed by atoms with E-state index in [1.165, 1.54) is 64.2 Å². The Morgan fingerprint density at radius 1 is 0.852 bits per heavy atom. The molecule has 1 rings (SSSR count). The van der Waals surface area contributed by atoms with Crippen LogP contribution in [0.15, 0.2) is 0 Å². The van der Waals surface area contributed by atoms with Gasteiger partial charge < -0.3 is 9.64 Å². The largest absolute Gasteiger partial charge is 0.462 e. The highest BCUT2D eigenvalue weighted by atomic mass is 16.5. The van der Waals surface area contributed by atoms with Crippen LogP contribution in [0.4, 0.5) is 0 Å². The molecule has 0 amide bonds. The molecule has 3 heteroatoms. The van der Waals surface area contributed by atoms with Crippen molar-refractivity contribution >= 4 is 5.97 Å². The Bertz CT molecular complexity index is 375. The van der Waals surface area contributed by atoms with Crippen molar-refractivity contribution in [2.24, 2.45) is 5.41 Å². The lowest BCUT2D eigenvalue weighted by Gasteiger charge is -2.36. The molecule has 0 N–H and O–H groups in total. The van der Waals surface area contributed by atoms with E-state index in [4.69, 9.17) is 4.74 Å². The van der Waals surface area contributed by atoms with Crippen molar-refractivity contribution in [2.45, 2.75) is 123 Å². The van der Waals surface area contributed by atoms with Crippen molar-refractivity contribution in [1.29, 1.82) is 0 Å². The number of carbonyl (C=O) groups is 1. The lowest BCUT2D eigenvalue weighted by atomic mass is 9.80. The second-order valence-corrected chi connectivity index (χ2v) is 9.15. The summed E-state index contributed by atoms with van der Waals surface area (Å²) < 4.78 is 5.99. The molecule has 1 aliphatic rings. The predicted octanol–water partition coefficient (Wildman–Crippen LogP) is 6.74. The van der Waals surface area contributed by atoms with Gasteiger partial charge in [0.05, 0.1) is 5.41 Å². The maximum atomic E-state index is 12.8. The maximum absolute atomic E-state index is 12.8. The summed E-state index contributed by atoms with van der Waals surface area (Å²) in [7, 11) is 2.13. The third kappa shape index (κ3) is 10.5. The van der Waals surface area contributed by atoms with Crippen LogP contribution in [0.5, 0.6) is 0 Å². The second kappa shape index (κ2) is 14.4. The number of rotatable bonds is 15. The van der Waals surface area contributed by atoms with Crippen molar-refractivity contribution in [3.8, 4) is 0 Å². The highest BCUT2D eigenvalue weighted by Gasteiger charge is 2.38. The van der Waals surface area contributed by atoms with E-state index in [0.717, 1.165) is 45.2 Å². The first-order valence-electron chi connectivity index (χ1n) is 11.9. The smallest absolute Gasteiger partial charge is 0.312 e. The molecule has 1 saturated heterocycles. The zero-order valence-electron chi connectivity index (χ0n) is 18.9. The molecule has 0 bridgehead atoms. The predicted molar refractivity (Wildman–Crippen MR) is 116 cm³/mol. The molecule has 1 aliphatic heterocycles. The van der Waals surface area contributed by atoms with Gasteiger partial charge in [-0.05, 0) is 59.2 Å². The average molecular weight is 382 g/mol. The van der Waals surface area contributed by atoms with Gasteiger partial charge in [-0.25, -0.2) is 0 Å². The van der Waals surface area contributed by atoms with Gasteiger partial charge in [0.1, 0.15) is 6.10 Å². The normalized spacial score (nSPS) is 18.4. The highest BCUT2D eigenvalue weighted by molar-refractivity contribution is 5.76. The quantitative estimate of drug-likeness (QED) is 0.232. The van der Waals surface area contributed by atoms with Gasteiger partial charge in [-0.1, -0.05) is 78.1 Å². The minimum atomic E-state index is -0.268. The van der Waals surface area contributed by atoms with Crippen LogP contribution in [-0.4, -0.2) is 37.1 Å². The molecule has 0 spiro atoms. The van der Waals surface area contributed by atoms with Crippen molar-refractivity contribution in [3.05, 3.63) is 0 Å². The molecule has 160 valence electrons. The molecular weight excluding hydrogens is 334 g/mol. The van der Waals surface area contributed by atoms with Crippen LogP contribution in [0.25, 0.3) is 0 Å².